The third kappa shape index (κ3) is 3.29. The average molecular weight is 439 g/mol. The molecule has 3 aromatic rings. The predicted octanol–water partition coefficient (Wildman–Crippen LogP) is 2.97. The number of phenols is 1. The molecule has 3 N–H and O–H groups in total. The number of aromatic nitrogens is 5. The number of nitrogens with zero attached hydrogens (tertiary/aromatic N) is 5. The molecule has 3 aliphatic rings. The molecule has 32 heavy (non-hydrogen) atoms. The van der Waals surface area contributed by atoms with Crippen molar-refractivity contribution in [2.75, 3.05) is 4.90 Å². The fourth-order valence-electron chi connectivity index (χ4n) is 5.10. The lowest BCUT2D eigenvalue weighted by Crippen LogP contribution is -2.57. The molecular formula is C22H23F2N7O. The maximum absolute atomic E-state index is 15.2. The van der Waals surface area contributed by atoms with Gasteiger partial charge in [0.15, 0.2) is 11.6 Å². The Kier molecular flexibility index (Phi) is 4.56. The zero-order valence-corrected chi connectivity index (χ0v) is 17.2. The Hall–Kier alpha value is -3.14. The summed E-state index contributed by atoms with van der Waals surface area (Å²) in [7, 11) is 0. The summed E-state index contributed by atoms with van der Waals surface area (Å²) in [5.41, 5.74) is 0.893. The summed E-state index contributed by atoms with van der Waals surface area (Å²) in [4.78, 5) is 6.39. The van der Waals surface area contributed by atoms with Crippen molar-refractivity contribution in [2.45, 2.75) is 62.4 Å². The SMILES string of the molecule is Oc1cc(-c2cn[nH]c2)c(F)cc1-c1ncc(N(C2CC2)C2CC3CCC(N3)C2F)nn1. The molecule has 2 aliphatic heterocycles. The largest absolute Gasteiger partial charge is 0.507 e. The van der Waals surface area contributed by atoms with Crippen LogP contribution in [0.15, 0.2) is 30.7 Å². The first-order valence-electron chi connectivity index (χ1n) is 11.0. The Morgan fingerprint density at radius 2 is 1.94 bits per heavy atom. The maximum atomic E-state index is 15.2. The number of H-pyrrole nitrogens is 1. The highest BCUT2D eigenvalue weighted by molar-refractivity contribution is 5.73. The highest BCUT2D eigenvalue weighted by atomic mass is 19.1. The topological polar surface area (TPSA) is 103 Å². The van der Waals surface area contributed by atoms with Crippen LogP contribution in [0.25, 0.3) is 22.5 Å². The molecule has 2 saturated heterocycles. The molecule has 4 unspecified atom stereocenters. The van der Waals surface area contributed by atoms with Gasteiger partial charge >= 0.3 is 0 Å². The van der Waals surface area contributed by atoms with Gasteiger partial charge in [0.1, 0.15) is 17.7 Å². The predicted molar refractivity (Wildman–Crippen MR) is 113 cm³/mol. The molecule has 0 radical (unpaired) electrons. The first kappa shape index (κ1) is 19.5. The number of halogens is 2. The molecule has 3 fully saturated rings. The normalized spacial score (nSPS) is 26.9. The summed E-state index contributed by atoms with van der Waals surface area (Å²) < 4.78 is 29.9. The van der Waals surface area contributed by atoms with Gasteiger partial charge in [0.05, 0.1) is 24.0 Å². The van der Waals surface area contributed by atoms with Crippen molar-refractivity contribution in [3.05, 3.63) is 36.5 Å². The molecular weight excluding hydrogens is 416 g/mol. The highest BCUT2D eigenvalue weighted by Gasteiger charge is 2.48. The van der Waals surface area contributed by atoms with Crippen LogP contribution in [0.5, 0.6) is 5.75 Å². The molecule has 166 valence electrons. The third-order valence-corrected chi connectivity index (χ3v) is 6.80. The van der Waals surface area contributed by atoms with Crippen molar-refractivity contribution in [3.63, 3.8) is 0 Å². The molecule has 10 heteroatoms. The molecule has 2 aromatic heterocycles. The number of hydrogen-bond donors (Lipinski definition) is 3. The number of benzene rings is 1. The van der Waals surface area contributed by atoms with Gasteiger partial charge in [-0.05, 0) is 44.2 Å². The Balaban J connectivity index is 1.30. The monoisotopic (exact) mass is 439 g/mol. The molecule has 8 nitrogen and oxygen atoms in total. The van der Waals surface area contributed by atoms with Gasteiger partial charge in [0.25, 0.3) is 0 Å². The zero-order valence-electron chi connectivity index (χ0n) is 17.2. The van der Waals surface area contributed by atoms with Gasteiger partial charge in [-0.25, -0.2) is 13.8 Å². The van der Waals surface area contributed by atoms with Crippen molar-refractivity contribution >= 4 is 5.82 Å². The van der Waals surface area contributed by atoms with E-state index in [1.165, 1.54) is 18.3 Å². The van der Waals surface area contributed by atoms with Crippen molar-refractivity contribution in [3.8, 4) is 28.3 Å². The summed E-state index contributed by atoms with van der Waals surface area (Å²) >= 11 is 0. The average Bonchev–Trinajstić information content (AvgIpc) is 3.32. The fraction of sp³-hybridized carbons (Fsp3) is 0.455. The first-order valence-corrected chi connectivity index (χ1v) is 11.0. The fourth-order valence-corrected chi connectivity index (χ4v) is 5.10. The van der Waals surface area contributed by atoms with Gasteiger partial charge in [0, 0.05) is 35.4 Å². The van der Waals surface area contributed by atoms with Crippen LogP contribution in [-0.4, -0.2) is 60.8 Å². The molecule has 1 aromatic carbocycles. The summed E-state index contributed by atoms with van der Waals surface area (Å²) in [6, 6.07) is 2.75. The second-order valence-corrected chi connectivity index (χ2v) is 8.91. The van der Waals surface area contributed by atoms with E-state index in [1.807, 2.05) is 4.90 Å². The molecule has 1 aliphatic carbocycles. The number of hydrogen-bond acceptors (Lipinski definition) is 7. The molecule has 4 heterocycles. The van der Waals surface area contributed by atoms with Crippen LogP contribution >= 0.6 is 0 Å². The summed E-state index contributed by atoms with van der Waals surface area (Å²) in [6.45, 7) is 0. The number of piperidine rings is 1. The van der Waals surface area contributed by atoms with E-state index in [1.54, 1.807) is 12.4 Å². The van der Waals surface area contributed by atoms with E-state index in [2.05, 4.69) is 30.7 Å². The molecule has 1 saturated carbocycles. The molecule has 0 spiro atoms. The van der Waals surface area contributed by atoms with E-state index in [9.17, 15) is 9.50 Å². The zero-order chi connectivity index (χ0) is 21.8. The Labute approximate surface area is 183 Å². The number of fused-ring (bicyclic) bond motifs is 2. The summed E-state index contributed by atoms with van der Waals surface area (Å²) in [6.07, 6.45) is 8.20. The van der Waals surface area contributed by atoms with Crippen LogP contribution in [0.1, 0.15) is 32.1 Å². The standard InChI is InChI=1S/C22H23F2N7O/c23-16-6-15(19(32)7-14(16)11-8-26-27-9-11)22-25-10-20(29-30-22)31(13-2-3-13)18-5-12-1-4-17(28-12)21(18)24/h6-10,12-13,17-18,21,28,32H,1-5H2,(H,26,27). The number of alkyl halides is 1. The van der Waals surface area contributed by atoms with E-state index in [0.717, 1.165) is 32.1 Å². The van der Waals surface area contributed by atoms with Gasteiger partial charge < -0.3 is 15.3 Å². The van der Waals surface area contributed by atoms with Gasteiger partial charge in [-0.2, -0.15) is 5.10 Å². The van der Waals surface area contributed by atoms with Crippen molar-refractivity contribution in [2.24, 2.45) is 0 Å². The van der Waals surface area contributed by atoms with Gasteiger partial charge in [-0.15, -0.1) is 10.2 Å². The van der Waals surface area contributed by atoms with E-state index < -0.39 is 12.0 Å². The van der Waals surface area contributed by atoms with Gasteiger partial charge in [-0.3, -0.25) is 5.10 Å². The molecule has 4 atom stereocenters. The lowest BCUT2D eigenvalue weighted by molar-refractivity contribution is 0.171. The second kappa shape index (κ2) is 7.47. The second-order valence-electron chi connectivity index (χ2n) is 8.91. The first-order chi connectivity index (χ1) is 15.6. The number of nitrogens with one attached hydrogen (secondary N) is 2. The smallest absolute Gasteiger partial charge is 0.185 e. The number of anilines is 1. The van der Waals surface area contributed by atoms with E-state index in [-0.39, 0.29) is 40.8 Å². The van der Waals surface area contributed by atoms with E-state index >= 15 is 4.39 Å². The molecule has 0 amide bonds. The third-order valence-electron chi connectivity index (χ3n) is 6.80. The number of aromatic amines is 1. The van der Waals surface area contributed by atoms with Gasteiger partial charge in [-0.1, -0.05) is 0 Å². The quantitative estimate of drug-likeness (QED) is 0.562. The van der Waals surface area contributed by atoms with Crippen molar-refractivity contribution < 1.29 is 13.9 Å². The van der Waals surface area contributed by atoms with E-state index in [4.69, 9.17) is 0 Å². The van der Waals surface area contributed by atoms with Crippen LogP contribution in [0, 0.1) is 5.82 Å². The minimum atomic E-state index is -0.968. The molecule has 2 bridgehead atoms. The lowest BCUT2D eigenvalue weighted by atomic mass is 9.96. The van der Waals surface area contributed by atoms with Crippen LogP contribution < -0.4 is 10.2 Å². The van der Waals surface area contributed by atoms with Gasteiger partial charge in [0.2, 0.25) is 0 Å². The Morgan fingerprint density at radius 1 is 1.06 bits per heavy atom. The Morgan fingerprint density at radius 3 is 2.66 bits per heavy atom. The van der Waals surface area contributed by atoms with Crippen LogP contribution in [-0.2, 0) is 0 Å². The maximum Gasteiger partial charge on any atom is 0.185 e. The number of rotatable bonds is 5. The molecule has 6 rings (SSSR count). The number of aromatic hydroxyl groups is 1. The van der Waals surface area contributed by atoms with E-state index in [0.29, 0.717) is 17.4 Å². The Bertz CT molecular complexity index is 1120. The van der Waals surface area contributed by atoms with Crippen molar-refractivity contribution in [1.29, 1.82) is 0 Å². The van der Waals surface area contributed by atoms with Crippen LogP contribution in [0.4, 0.5) is 14.6 Å². The lowest BCUT2D eigenvalue weighted by Gasteiger charge is -2.40. The van der Waals surface area contributed by atoms with Crippen LogP contribution in [0.3, 0.4) is 0 Å². The summed E-state index contributed by atoms with van der Waals surface area (Å²) in [5.74, 6) is -0.0473. The summed E-state index contributed by atoms with van der Waals surface area (Å²) in [5, 5.41) is 28.8. The van der Waals surface area contributed by atoms with Crippen molar-refractivity contribution in [1.82, 2.24) is 30.7 Å². The minimum absolute atomic E-state index is 0.103. The van der Waals surface area contributed by atoms with Crippen LogP contribution in [0.2, 0.25) is 0 Å². The minimum Gasteiger partial charge on any atom is -0.507 e. The highest BCUT2D eigenvalue weighted by Crippen LogP contribution is 2.40. The number of phenolic OH excluding ortho intramolecular Hbond substituents is 1.